The lowest BCUT2D eigenvalue weighted by Gasteiger charge is -1.98. The Kier molecular flexibility index (Phi) is 2.73. The van der Waals surface area contributed by atoms with E-state index in [1.54, 1.807) is 0 Å². The SMILES string of the molecule is N#Cc1c(S)cc(F)cc1I. The normalized spacial score (nSPS) is 9.27. The number of hydrogen-bond acceptors (Lipinski definition) is 2. The summed E-state index contributed by atoms with van der Waals surface area (Å²) in [6, 6.07) is 4.47. The molecule has 11 heavy (non-hydrogen) atoms. The Morgan fingerprint density at radius 3 is 2.64 bits per heavy atom. The van der Waals surface area contributed by atoms with E-state index in [1.165, 1.54) is 12.1 Å². The maximum atomic E-state index is 12.6. The van der Waals surface area contributed by atoms with Crippen LogP contribution in [0.5, 0.6) is 0 Å². The average molecular weight is 279 g/mol. The summed E-state index contributed by atoms with van der Waals surface area (Å²) in [5, 5.41) is 8.56. The number of nitriles is 1. The van der Waals surface area contributed by atoms with E-state index >= 15 is 0 Å². The molecule has 0 saturated carbocycles. The zero-order valence-corrected chi connectivity index (χ0v) is 8.36. The maximum absolute atomic E-state index is 12.6. The van der Waals surface area contributed by atoms with Gasteiger partial charge in [-0.3, -0.25) is 0 Å². The van der Waals surface area contributed by atoms with Crippen molar-refractivity contribution in [1.82, 2.24) is 0 Å². The lowest BCUT2D eigenvalue weighted by Crippen LogP contribution is -1.86. The summed E-state index contributed by atoms with van der Waals surface area (Å²) in [5.74, 6) is -0.363. The standard InChI is InChI=1S/C7H3FINS/c8-4-1-6(9)5(3-10)7(11)2-4/h1-2,11H. The molecule has 0 spiro atoms. The van der Waals surface area contributed by atoms with Crippen LogP contribution in [0.4, 0.5) is 4.39 Å². The minimum atomic E-state index is -0.363. The average Bonchev–Trinajstić information content (AvgIpc) is 1.85. The van der Waals surface area contributed by atoms with Crippen molar-refractivity contribution in [3.05, 3.63) is 27.1 Å². The summed E-state index contributed by atoms with van der Waals surface area (Å²) in [7, 11) is 0. The molecule has 0 saturated heterocycles. The number of hydrogen-bond donors (Lipinski definition) is 1. The van der Waals surface area contributed by atoms with Gasteiger partial charge < -0.3 is 0 Å². The zero-order chi connectivity index (χ0) is 8.43. The monoisotopic (exact) mass is 279 g/mol. The number of halogens is 2. The minimum absolute atomic E-state index is 0.363. The highest BCUT2D eigenvalue weighted by molar-refractivity contribution is 14.1. The highest BCUT2D eigenvalue weighted by Crippen LogP contribution is 2.20. The molecule has 1 rings (SSSR count). The maximum Gasteiger partial charge on any atom is 0.125 e. The summed E-state index contributed by atoms with van der Waals surface area (Å²) < 4.78 is 13.2. The first-order valence-corrected chi connectivity index (χ1v) is 4.26. The van der Waals surface area contributed by atoms with Gasteiger partial charge in [-0.2, -0.15) is 5.26 Å². The summed E-state index contributed by atoms with van der Waals surface area (Å²) >= 11 is 5.85. The number of nitrogens with zero attached hydrogens (tertiary/aromatic N) is 1. The van der Waals surface area contributed by atoms with Gasteiger partial charge in [0.1, 0.15) is 11.9 Å². The van der Waals surface area contributed by atoms with Crippen molar-refractivity contribution in [2.45, 2.75) is 4.90 Å². The Bertz CT molecular complexity index is 309. The van der Waals surface area contributed by atoms with Crippen LogP contribution in [0.1, 0.15) is 5.56 Å². The van der Waals surface area contributed by atoms with Crippen molar-refractivity contribution in [3.8, 4) is 6.07 Å². The van der Waals surface area contributed by atoms with Gasteiger partial charge in [-0.15, -0.1) is 12.6 Å². The number of benzene rings is 1. The molecule has 56 valence electrons. The lowest BCUT2D eigenvalue weighted by atomic mass is 10.2. The first kappa shape index (κ1) is 8.81. The molecular weight excluding hydrogens is 276 g/mol. The summed E-state index contributed by atoms with van der Waals surface area (Å²) in [4.78, 5) is 0.386. The molecule has 1 nitrogen and oxygen atoms in total. The molecule has 4 heteroatoms. The molecule has 0 aliphatic carbocycles. The van der Waals surface area contributed by atoms with Gasteiger partial charge >= 0.3 is 0 Å². The fourth-order valence-corrected chi connectivity index (χ4v) is 1.89. The topological polar surface area (TPSA) is 23.8 Å². The predicted molar refractivity (Wildman–Crippen MR) is 51.1 cm³/mol. The van der Waals surface area contributed by atoms with Crippen molar-refractivity contribution < 1.29 is 4.39 Å². The quantitative estimate of drug-likeness (QED) is 0.572. The molecule has 0 aromatic heterocycles. The van der Waals surface area contributed by atoms with E-state index < -0.39 is 0 Å². The van der Waals surface area contributed by atoms with Crippen LogP contribution in [0.3, 0.4) is 0 Å². The van der Waals surface area contributed by atoms with Crippen LogP contribution in [-0.4, -0.2) is 0 Å². The molecular formula is C7H3FINS. The first-order valence-electron chi connectivity index (χ1n) is 2.73. The van der Waals surface area contributed by atoms with Crippen LogP contribution in [-0.2, 0) is 0 Å². The summed E-state index contributed by atoms with van der Waals surface area (Å²) in [6.45, 7) is 0. The Hall–Kier alpha value is -0.280. The molecule has 0 heterocycles. The van der Waals surface area contributed by atoms with Gasteiger partial charge in [-0.1, -0.05) is 0 Å². The van der Waals surface area contributed by atoms with Crippen molar-refractivity contribution in [3.63, 3.8) is 0 Å². The third kappa shape index (κ3) is 1.84. The molecule has 0 bridgehead atoms. The molecule has 0 N–H and O–H groups in total. The predicted octanol–water partition coefficient (Wildman–Crippen LogP) is 2.59. The van der Waals surface area contributed by atoms with Gasteiger partial charge in [0.05, 0.1) is 5.56 Å². The lowest BCUT2D eigenvalue weighted by molar-refractivity contribution is 0.623. The largest absolute Gasteiger partial charge is 0.207 e. The molecule has 0 aliphatic rings. The van der Waals surface area contributed by atoms with Crippen LogP contribution in [0, 0.1) is 20.7 Å². The highest BCUT2D eigenvalue weighted by Gasteiger charge is 2.04. The van der Waals surface area contributed by atoms with Gasteiger partial charge in [0, 0.05) is 8.47 Å². The van der Waals surface area contributed by atoms with E-state index in [0.29, 0.717) is 14.0 Å². The van der Waals surface area contributed by atoms with E-state index in [9.17, 15) is 4.39 Å². The van der Waals surface area contributed by atoms with Crippen molar-refractivity contribution in [2.24, 2.45) is 0 Å². The second-order valence-electron chi connectivity index (χ2n) is 1.89. The molecule has 0 fully saturated rings. The van der Waals surface area contributed by atoms with Gasteiger partial charge in [-0.25, -0.2) is 4.39 Å². The van der Waals surface area contributed by atoms with Gasteiger partial charge in [0.2, 0.25) is 0 Å². The smallest absolute Gasteiger partial charge is 0.125 e. The van der Waals surface area contributed by atoms with Gasteiger partial charge in [0.15, 0.2) is 0 Å². The fraction of sp³-hybridized carbons (Fsp3) is 0. The first-order chi connectivity index (χ1) is 5.15. The molecule has 0 atom stereocenters. The molecule has 0 unspecified atom stereocenters. The third-order valence-electron chi connectivity index (χ3n) is 1.15. The van der Waals surface area contributed by atoms with E-state index in [4.69, 9.17) is 5.26 Å². The van der Waals surface area contributed by atoms with Crippen LogP contribution in [0.2, 0.25) is 0 Å². The van der Waals surface area contributed by atoms with Crippen LogP contribution < -0.4 is 0 Å². The minimum Gasteiger partial charge on any atom is -0.207 e. The van der Waals surface area contributed by atoms with E-state index in [0.717, 1.165) is 0 Å². The van der Waals surface area contributed by atoms with Crippen molar-refractivity contribution in [1.29, 1.82) is 5.26 Å². The Labute approximate surface area is 82.8 Å². The number of thiol groups is 1. The molecule has 0 aliphatic heterocycles. The molecule has 1 aromatic carbocycles. The summed E-state index contributed by atoms with van der Waals surface area (Å²) in [6.07, 6.45) is 0. The van der Waals surface area contributed by atoms with E-state index in [-0.39, 0.29) is 5.82 Å². The zero-order valence-electron chi connectivity index (χ0n) is 5.31. The number of rotatable bonds is 0. The summed E-state index contributed by atoms with van der Waals surface area (Å²) in [5.41, 5.74) is 0.426. The van der Waals surface area contributed by atoms with Crippen molar-refractivity contribution in [2.75, 3.05) is 0 Å². The van der Waals surface area contributed by atoms with Crippen LogP contribution >= 0.6 is 35.2 Å². The highest BCUT2D eigenvalue weighted by atomic mass is 127. The Balaban J connectivity index is 3.40. The third-order valence-corrected chi connectivity index (χ3v) is 2.35. The Morgan fingerprint density at radius 1 is 1.55 bits per heavy atom. The van der Waals surface area contributed by atoms with Gasteiger partial charge in [-0.05, 0) is 34.7 Å². The molecule has 0 radical (unpaired) electrons. The second-order valence-corrected chi connectivity index (χ2v) is 3.54. The molecule has 0 amide bonds. The van der Waals surface area contributed by atoms with E-state index in [1.807, 2.05) is 28.7 Å². The van der Waals surface area contributed by atoms with Crippen molar-refractivity contribution >= 4 is 35.2 Å². The van der Waals surface area contributed by atoms with Gasteiger partial charge in [0.25, 0.3) is 0 Å². The second kappa shape index (κ2) is 3.41. The van der Waals surface area contributed by atoms with E-state index in [2.05, 4.69) is 12.6 Å². The van der Waals surface area contributed by atoms with Crippen LogP contribution in [0.15, 0.2) is 17.0 Å². The fourth-order valence-electron chi connectivity index (χ4n) is 0.671. The Morgan fingerprint density at radius 2 is 2.18 bits per heavy atom. The van der Waals surface area contributed by atoms with Crippen LogP contribution in [0.25, 0.3) is 0 Å². The molecule has 1 aromatic rings.